The number of piperazine rings is 1. The van der Waals surface area contributed by atoms with Gasteiger partial charge in [-0.15, -0.1) is 0 Å². The van der Waals surface area contributed by atoms with Crippen molar-refractivity contribution in [2.24, 2.45) is 0 Å². The van der Waals surface area contributed by atoms with Gasteiger partial charge >= 0.3 is 0 Å². The van der Waals surface area contributed by atoms with Crippen LogP contribution in [-0.2, 0) is 4.79 Å². The maximum Gasteiger partial charge on any atom is 0.269 e. The zero-order valence-electron chi connectivity index (χ0n) is 14.9. The molecule has 0 saturated carbocycles. The number of anilines is 1. The number of nitrogens with zero attached hydrogens (tertiary/aromatic N) is 3. The molecular formula is C19H20ClN3O4. The zero-order valence-corrected chi connectivity index (χ0v) is 15.6. The van der Waals surface area contributed by atoms with Gasteiger partial charge in [-0.3, -0.25) is 14.9 Å². The largest absolute Gasteiger partial charge is 0.481 e. The molecule has 0 spiro atoms. The van der Waals surface area contributed by atoms with Crippen LogP contribution in [0.15, 0.2) is 48.5 Å². The molecule has 1 saturated heterocycles. The SMILES string of the molecule is C[C@@H](Oc1ccc(Cl)cc1)C(=O)N1CCN(c2ccc([N+](=O)[O-])cc2)CC1. The van der Waals surface area contributed by atoms with Crippen molar-refractivity contribution in [2.75, 3.05) is 31.1 Å². The van der Waals surface area contributed by atoms with Crippen LogP contribution in [0.3, 0.4) is 0 Å². The van der Waals surface area contributed by atoms with E-state index in [9.17, 15) is 14.9 Å². The van der Waals surface area contributed by atoms with E-state index in [4.69, 9.17) is 16.3 Å². The first-order valence-electron chi connectivity index (χ1n) is 8.64. The minimum Gasteiger partial charge on any atom is -0.481 e. The first-order valence-corrected chi connectivity index (χ1v) is 9.02. The molecule has 3 rings (SSSR count). The second kappa shape index (κ2) is 8.26. The highest BCUT2D eigenvalue weighted by Crippen LogP contribution is 2.21. The molecule has 0 aromatic heterocycles. The molecule has 0 radical (unpaired) electrons. The predicted octanol–water partition coefficient (Wildman–Crippen LogP) is 3.36. The smallest absolute Gasteiger partial charge is 0.269 e. The number of benzene rings is 2. The molecule has 1 heterocycles. The van der Waals surface area contributed by atoms with Crippen LogP contribution in [0.5, 0.6) is 5.75 Å². The van der Waals surface area contributed by atoms with E-state index >= 15 is 0 Å². The summed E-state index contributed by atoms with van der Waals surface area (Å²) in [5, 5.41) is 11.4. The molecule has 0 unspecified atom stereocenters. The number of rotatable bonds is 5. The molecule has 1 amide bonds. The van der Waals surface area contributed by atoms with Gasteiger partial charge in [0.1, 0.15) is 5.75 Å². The number of halogens is 1. The first-order chi connectivity index (χ1) is 12.9. The molecule has 8 heteroatoms. The maximum atomic E-state index is 12.6. The van der Waals surface area contributed by atoms with E-state index in [1.165, 1.54) is 12.1 Å². The Kier molecular flexibility index (Phi) is 5.81. The number of hydrogen-bond acceptors (Lipinski definition) is 5. The van der Waals surface area contributed by atoms with Crippen molar-refractivity contribution >= 4 is 28.9 Å². The maximum absolute atomic E-state index is 12.6. The first kappa shape index (κ1) is 19.0. The molecule has 0 aliphatic carbocycles. The number of nitro groups is 1. The number of amides is 1. The number of non-ortho nitro benzene ring substituents is 1. The lowest BCUT2D eigenvalue weighted by molar-refractivity contribution is -0.384. The second-order valence-electron chi connectivity index (χ2n) is 6.30. The number of carbonyl (C=O) groups excluding carboxylic acids is 1. The Bertz CT molecular complexity index is 803. The van der Waals surface area contributed by atoms with Crippen LogP contribution in [0.4, 0.5) is 11.4 Å². The summed E-state index contributed by atoms with van der Waals surface area (Å²) in [7, 11) is 0. The highest BCUT2D eigenvalue weighted by molar-refractivity contribution is 6.30. The lowest BCUT2D eigenvalue weighted by Crippen LogP contribution is -2.52. The van der Waals surface area contributed by atoms with Crippen molar-refractivity contribution < 1.29 is 14.5 Å². The Morgan fingerprint density at radius 1 is 1.07 bits per heavy atom. The van der Waals surface area contributed by atoms with E-state index in [0.29, 0.717) is 37.0 Å². The van der Waals surface area contributed by atoms with E-state index in [1.807, 2.05) is 0 Å². The molecular weight excluding hydrogens is 370 g/mol. The fourth-order valence-corrected chi connectivity index (χ4v) is 3.12. The normalized spacial score (nSPS) is 15.3. The van der Waals surface area contributed by atoms with Crippen LogP contribution >= 0.6 is 11.6 Å². The molecule has 2 aromatic rings. The van der Waals surface area contributed by atoms with Gasteiger partial charge in [0.05, 0.1) is 4.92 Å². The van der Waals surface area contributed by atoms with Crippen molar-refractivity contribution in [3.8, 4) is 5.75 Å². The fraction of sp³-hybridized carbons (Fsp3) is 0.316. The third-order valence-electron chi connectivity index (χ3n) is 4.49. The highest BCUT2D eigenvalue weighted by atomic mass is 35.5. The Morgan fingerprint density at radius 2 is 1.67 bits per heavy atom. The van der Waals surface area contributed by atoms with E-state index in [1.54, 1.807) is 48.2 Å². The van der Waals surface area contributed by atoms with Gasteiger partial charge in [-0.05, 0) is 43.3 Å². The number of nitro benzene ring substituents is 1. The summed E-state index contributed by atoms with van der Waals surface area (Å²) >= 11 is 5.85. The summed E-state index contributed by atoms with van der Waals surface area (Å²) in [5.41, 5.74) is 0.985. The molecule has 0 bridgehead atoms. The molecule has 1 atom stereocenters. The van der Waals surface area contributed by atoms with Crippen molar-refractivity contribution in [3.05, 3.63) is 63.7 Å². The molecule has 27 heavy (non-hydrogen) atoms. The molecule has 1 fully saturated rings. The standard InChI is InChI=1S/C19H20ClN3O4/c1-14(27-18-8-2-15(20)3-9-18)19(24)22-12-10-21(11-13-22)16-4-6-17(7-5-16)23(25)26/h2-9,14H,10-13H2,1H3/t14-/m1/s1. The fourth-order valence-electron chi connectivity index (χ4n) is 3.00. The number of ether oxygens (including phenoxy) is 1. The van der Waals surface area contributed by atoms with Gasteiger partial charge in [0.15, 0.2) is 6.10 Å². The third kappa shape index (κ3) is 4.68. The average molecular weight is 390 g/mol. The van der Waals surface area contributed by atoms with Gasteiger partial charge < -0.3 is 14.5 Å². The van der Waals surface area contributed by atoms with Crippen molar-refractivity contribution in [3.63, 3.8) is 0 Å². The highest BCUT2D eigenvalue weighted by Gasteiger charge is 2.26. The minimum atomic E-state index is -0.586. The summed E-state index contributed by atoms with van der Waals surface area (Å²) in [6.45, 7) is 4.21. The van der Waals surface area contributed by atoms with Gasteiger partial charge in [-0.1, -0.05) is 11.6 Å². The van der Waals surface area contributed by atoms with Crippen LogP contribution < -0.4 is 9.64 Å². The van der Waals surface area contributed by atoms with Gasteiger partial charge in [0.25, 0.3) is 11.6 Å². The van der Waals surface area contributed by atoms with Gasteiger partial charge in [0.2, 0.25) is 0 Å². The Morgan fingerprint density at radius 3 is 2.22 bits per heavy atom. The van der Waals surface area contributed by atoms with Gasteiger partial charge in [0, 0.05) is 49.0 Å². The van der Waals surface area contributed by atoms with E-state index < -0.39 is 11.0 Å². The summed E-state index contributed by atoms with van der Waals surface area (Å²) in [5.74, 6) is 0.540. The van der Waals surface area contributed by atoms with Crippen LogP contribution in [0.1, 0.15) is 6.92 Å². The Balaban J connectivity index is 1.54. The molecule has 0 N–H and O–H groups in total. The lowest BCUT2D eigenvalue weighted by Gasteiger charge is -2.37. The molecule has 1 aliphatic rings. The monoisotopic (exact) mass is 389 g/mol. The van der Waals surface area contributed by atoms with Crippen LogP contribution in [0, 0.1) is 10.1 Å². The van der Waals surface area contributed by atoms with E-state index in [-0.39, 0.29) is 11.6 Å². The Labute approximate surface area is 162 Å². The van der Waals surface area contributed by atoms with Crippen molar-refractivity contribution in [2.45, 2.75) is 13.0 Å². The number of hydrogen-bond donors (Lipinski definition) is 0. The number of carbonyl (C=O) groups is 1. The summed E-state index contributed by atoms with van der Waals surface area (Å²) < 4.78 is 5.70. The Hall–Kier alpha value is -2.80. The van der Waals surface area contributed by atoms with E-state index in [0.717, 1.165) is 5.69 Å². The molecule has 7 nitrogen and oxygen atoms in total. The van der Waals surface area contributed by atoms with E-state index in [2.05, 4.69) is 4.90 Å². The average Bonchev–Trinajstić information content (AvgIpc) is 2.69. The van der Waals surface area contributed by atoms with Gasteiger partial charge in [-0.25, -0.2) is 0 Å². The van der Waals surface area contributed by atoms with Crippen molar-refractivity contribution in [1.82, 2.24) is 4.90 Å². The molecule has 2 aromatic carbocycles. The van der Waals surface area contributed by atoms with Gasteiger partial charge in [-0.2, -0.15) is 0 Å². The summed E-state index contributed by atoms with van der Waals surface area (Å²) in [6.07, 6.45) is -0.586. The van der Waals surface area contributed by atoms with Crippen LogP contribution in [0.2, 0.25) is 5.02 Å². The summed E-state index contributed by atoms with van der Waals surface area (Å²) in [6, 6.07) is 13.4. The predicted molar refractivity (Wildman–Crippen MR) is 103 cm³/mol. The lowest BCUT2D eigenvalue weighted by atomic mass is 10.2. The summed E-state index contributed by atoms with van der Waals surface area (Å²) in [4.78, 5) is 26.8. The van der Waals surface area contributed by atoms with Crippen molar-refractivity contribution in [1.29, 1.82) is 0 Å². The quantitative estimate of drug-likeness (QED) is 0.579. The zero-order chi connectivity index (χ0) is 19.4. The van der Waals surface area contributed by atoms with Crippen LogP contribution in [-0.4, -0.2) is 48.0 Å². The minimum absolute atomic E-state index is 0.0618. The van der Waals surface area contributed by atoms with Crippen LogP contribution in [0.25, 0.3) is 0 Å². The third-order valence-corrected chi connectivity index (χ3v) is 4.74. The second-order valence-corrected chi connectivity index (χ2v) is 6.74. The molecule has 1 aliphatic heterocycles. The topological polar surface area (TPSA) is 75.9 Å². The molecule has 142 valence electrons.